The van der Waals surface area contributed by atoms with E-state index in [-0.39, 0.29) is 23.4 Å². The van der Waals surface area contributed by atoms with Crippen LogP contribution in [0.2, 0.25) is 5.02 Å². The molecule has 0 heterocycles. The number of halogens is 1. The van der Waals surface area contributed by atoms with Gasteiger partial charge in [0.25, 0.3) is 10.0 Å². The molecule has 224 valence electrons. The average molecular weight is 612 g/mol. The lowest BCUT2D eigenvalue weighted by atomic mass is 10.1. The predicted octanol–water partition coefficient (Wildman–Crippen LogP) is 5.80. The summed E-state index contributed by atoms with van der Waals surface area (Å²) in [5.74, 6) is -0.212. The third kappa shape index (κ3) is 7.63. The fourth-order valence-corrected chi connectivity index (χ4v) is 6.83. The molecule has 1 aliphatic rings. The minimum absolute atomic E-state index is 0.0197. The molecule has 3 aromatic rings. The average Bonchev–Trinajstić information content (AvgIpc) is 3.50. The van der Waals surface area contributed by atoms with Crippen molar-refractivity contribution in [2.75, 3.05) is 17.5 Å². The molecule has 0 radical (unpaired) electrons. The largest absolute Gasteiger partial charge is 0.494 e. The zero-order valence-electron chi connectivity index (χ0n) is 24.0. The SMILES string of the molecule is CCOc1ccc(S(=O)(=O)N(CC(=O)N(Cc2ccccc2Cl)C(CC)C(=O)NC2CCCC2)c2ccccc2)cc1. The summed E-state index contributed by atoms with van der Waals surface area (Å²) >= 11 is 6.47. The molecule has 0 saturated heterocycles. The van der Waals surface area contributed by atoms with Crippen LogP contribution in [0.4, 0.5) is 5.69 Å². The first-order chi connectivity index (χ1) is 20.2. The van der Waals surface area contributed by atoms with E-state index in [9.17, 15) is 18.0 Å². The van der Waals surface area contributed by atoms with Crippen molar-refractivity contribution in [1.29, 1.82) is 0 Å². The van der Waals surface area contributed by atoms with Crippen LogP contribution in [0.15, 0.2) is 83.8 Å². The third-order valence-corrected chi connectivity index (χ3v) is 9.59. The summed E-state index contributed by atoms with van der Waals surface area (Å²) in [5.41, 5.74) is 1.00. The second-order valence-corrected chi connectivity index (χ2v) is 12.5. The highest BCUT2D eigenvalue weighted by Gasteiger charge is 2.34. The number of rotatable bonds is 13. The van der Waals surface area contributed by atoms with Crippen LogP contribution in [-0.2, 0) is 26.2 Å². The van der Waals surface area contributed by atoms with E-state index in [1.54, 1.807) is 60.7 Å². The molecule has 0 bridgehead atoms. The summed E-state index contributed by atoms with van der Waals surface area (Å²) in [4.78, 5) is 29.2. The number of amides is 2. The first-order valence-corrected chi connectivity index (χ1v) is 16.2. The molecule has 2 amide bonds. The molecule has 0 aliphatic heterocycles. The molecular formula is C32H38ClN3O5S. The fraction of sp³-hybridized carbons (Fsp3) is 0.375. The summed E-state index contributed by atoms with van der Waals surface area (Å²) in [7, 11) is -4.16. The number of carbonyl (C=O) groups is 2. The maximum Gasteiger partial charge on any atom is 0.264 e. The topological polar surface area (TPSA) is 96.0 Å². The Morgan fingerprint density at radius 3 is 2.21 bits per heavy atom. The number of carbonyl (C=O) groups excluding carboxylic acids is 2. The molecule has 1 unspecified atom stereocenters. The fourth-order valence-electron chi connectivity index (χ4n) is 5.22. The van der Waals surface area contributed by atoms with E-state index in [4.69, 9.17) is 16.3 Å². The van der Waals surface area contributed by atoms with Gasteiger partial charge in [0.15, 0.2) is 0 Å². The molecule has 4 rings (SSSR count). The van der Waals surface area contributed by atoms with Crippen LogP contribution in [-0.4, -0.2) is 50.4 Å². The molecular weight excluding hydrogens is 574 g/mol. The van der Waals surface area contributed by atoms with Crippen LogP contribution in [0.1, 0.15) is 51.5 Å². The maximum atomic E-state index is 14.2. The van der Waals surface area contributed by atoms with E-state index in [1.807, 2.05) is 19.9 Å². The van der Waals surface area contributed by atoms with E-state index in [2.05, 4.69) is 5.32 Å². The Balaban J connectivity index is 1.69. The lowest BCUT2D eigenvalue weighted by molar-refractivity contribution is -0.140. The first-order valence-electron chi connectivity index (χ1n) is 14.4. The van der Waals surface area contributed by atoms with Gasteiger partial charge in [-0.25, -0.2) is 8.42 Å². The lowest BCUT2D eigenvalue weighted by Gasteiger charge is -2.34. The molecule has 1 aliphatic carbocycles. The Labute approximate surface area is 253 Å². The third-order valence-electron chi connectivity index (χ3n) is 7.43. The molecule has 1 N–H and O–H groups in total. The van der Waals surface area contributed by atoms with Crippen molar-refractivity contribution in [1.82, 2.24) is 10.2 Å². The Morgan fingerprint density at radius 1 is 0.952 bits per heavy atom. The molecule has 8 nitrogen and oxygen atoms in total. The van der Waals surface area contributed by atoms with Crippen LogP contribution in [0.25, 0.3) is 0 Å². The van der Waals surface area contributed by atoms with Gasteiger partial charge >= 0.3 is 0 Å². The molecule has 1 saturated carbocycles. The Hall–Kier alpha value is -3.56. The number of nitrogens with zero attached hydrogens (tertiary/aromatic N) is 2. The molecule has 1 fully saturated rings. The molecule has 1 atom stereocenters. The number of para-hydroxylation sites is 1. The highest BCUT2D eigenvalue weighted by atomic mass is 35.5. The van der Waals surface area contributed by atoms with E-state index >= 15 is 0 Å². The van der Waals surface area contributed by atoms with Crippen molar-refractivity contribution in [3.8, 4) is 5.75 Å². The van der Waals surface area contributed by atoms with Crippen molar-refractivity contribution in [3.05, 3.63) is 89.4 Å². The summed E-state index contributed by atoms with van der Waals surface area (Å²) in [6, 6.07) is 21.0. The first kappa shape index (κ1) is 31.4. The number of hydrogen-bond acceptors (Lipinski definition) is 5. The molecule has 10 heteroatoms. The number of hydrogen-bond donors (Lipinski definition) is 1. The Kier molecular flexibility index (Phi) is 10.9. The molecule has 0 spiro atoms. The molecule has 3 aromatic carbocycles. The van der Waals surface area contributed by atoms with Crippen molar-refractivity contribution in [2.45, 2.75) is 69.5 Å². The smallest absolute Gasteiger partial charge is 0.264 e. The monoisotopic (exact) mass is 611 g/mol. The number of nitrogens with one attached hydrogen (secondary N) is 1. The zero-order valence-corrected chi connectivity index (χ0v) is 25.6. The van der Waals surface area contributed by atoms with E-state index in [0.29, 0.717) is 35.1 Å². The van der Waals surface area contributed by atoms with Gasteiger partial charge in [0, 0.05) is 17.6 Å². The van der Waals surface area contributed by atoms with Crippen LogP contribution >= 0.6 is 11.6 Å². The van der Waals surface area contributed by atoms with Gasteiger partial charge in [-0.1, -0.05) is 67.8 Å². The van der Waals surface area contributed by atoms with Crippen LogP contribution in [0, 0.1) is 0 Å². The van der Waals surface area contributed by atoms with E-state index in [0.717, 1.165) is 30.0 Å². The van der Waals surface area contributed by atoms with Crippen molar-refractivity contribution in [3.63, 3.8) is 0 Å². The summed E-state index contributed by atoms with van der Waals surface area (Å²) < 4.78 is 34.5. The van der Waals surface area contributed by atoms with Gasteiger partial charge in [0.05, 0.1) is 17.2 Å². The summed E-state index contributed by atoms with van der Waals surface area (Å²) in [5, 5.41) is 3.57. The number of ether oxygens (including phenoxy) is 1. The van der Waals surface area contributed by atoms with Gasteiger partial charge in [0.2, 0.25) is 11.8 Å². The number of benzene rings is 3. The minimum atomic E-state index is -4.16. The zero-order chi connectivity index (χ0) is 30.1. The second-order valence-electron chi connectivity index (χ2n) is 10.3. The van der Waals surface area contributed by atoms with Gasteiger partial charge in [-0.3, -0.25) is 13.9 Å². The summed E-state index contributed by atoms with van der Waals surface area (Å²) in [6.45, 7) is 3.69. The van der Waals surface area contributed by atoms with Gasteiger partial charge in [-0.05, 0) is 74.2 Å². The Morgan fingerprint density at radius 2 is 1.60 bits per heavy atom. The summed E-state index contributed by atoms with van der Waals surface area (Å²) in [6.07, 6.45) is 4.27. The highest BCUT2D eigenvalue weighted by molar-refractivity contribution is 7.92. The lowest BCUT2D eigenvalue weighted by Crippen LogP contribution is -2.53. The Bertz CT molecular complexity index is 1440. The standard InChI is InChI=1S/C32H38ClN3O5S/c1-3-30(32(38)34-25-13-9-10-14-25)35(22-24-12-8-11-17-29(24)33)31(37)23-36(26-15-6-5-7-16-26)42(39,40)28-20-18-27(19-21-28)41-4-2/h5-8,11-12,15-21,25,30H,3-4,9-10,13-14,22-23H2,1-2H3,(H,34,38). The molecule has 0 aromatic heterocycles. The van der Waals surface area contributed by atoms with Crippen molar-refractivity contribution >= 4 is 39.1 Å². The minimum Gasteiger partial charge on any atom is -0.494 e. The number of sulfonamides is 1. The van der Waals surface area contributed by atoms with Crippen molar-refractivity contribution < 1.29 is 22.7 Å². The van der Waals surface area contributed by atoms with Crippen LogP contribution in [0.3, 0.4) is 0 Å². The highest BCUT2D eigenvalue weighted by Crippen LogP contribution is 2.27. The second kappa shape index (κ2) is 14.6. The maximum absolute atomic E-state index is 14.2. The quantitative estimate of drug-likeness (QED) is 0.264. The number of anilines is 1. The molecule has 42 heavy (non-hydrogen) atoms. The van der Waals surface area contributed by atoms with Crippen LogP contribution < -0.4 is 14.4 Å². The van der Waals surface area contributed by atoms with Gasteiger partial charge < -0.3 is 15.0 Å². The normalized spacial score (nSPS) is 14.3. The van der Waals surface area contributed by atoms with Gasteiger partial charge in [-0.15, -0.1) is 0 Å². The van der Waals surface area contributed by atoms with Crippen molar-refractivity contribution in [2.24, 2.45) is 0 Å². The van der Waals surface area contributed by atoms with E-state index < -0.39 is 28.5 Å². The van der Waals surface area contributed by atoms with Gasteiger partial charge in [-0.2, -0.15) is 0 Å². The van der Waals surface area contributed by atoms with Crippen LogP contribution in [0.5, 0.6) is 5.75 Å². The predicted molar refractivity (Wildman–Crippen MR) is 165 cm³/mol. The van der Waals surface area contributed by atoms with E-state index in [1.165, 1.54) is 17.0 Å². The van der Waals surface area contributed by atoms with Gasteiger partial charge in [0.1, 0.15) is 18.3 Å².